The summed E-state index contributed by atoms with van der Waals surface area (Å²) < 4.78 is 11.8. The van der Waals surface area contributed by atoms with Crippen LogP contribution in [-0.2, 0) is 0 Å². The Labute approximate surface area is 165 Å². The highest BCUT2D eigenvalue weighted by molar-refractivity contribution is 5.97. The van der Waals surface area contributed by atoms with Gasteiger partial charge in [0.25, 0.3) is 5.91 Å². The van der Waals surface area contributed by atoms with E-state index in [9.17, 15) is 4.79 Å². The van der Waals surface area contributed by atoms with E-state index < -0.39 is 0 Å². The summed E-state index contributed by atoms with van der Waals surface area (Å²) in [6, 6.07) is 15.4. The fourth-order valence-corrected chi connectivity index (χ4v) is 3.66. The number of benzene rings is 2. The minimum atomic E-state index is 0.0445. The number of hydrogen-bond donors (Lipinski definition) is 0. The number of para-hydroxylation sites is 3. The van der Waals surface area contributed by atoms with Crippen LogP contribution >= 0.6 is 0 Å². The molecule has 4 rings (SSSR count). The Balaban J connectivity index is 1.41. The van der Waals surface area contributed by atoms with E-state index in [1.807, 2.05) is 53.4 Å². The van der Waals surface area contributed by atoms with Gasteiger partial charge in [-0.05, 0) is 43.5 Å². The van der Waals surface area contributed by atoms with Crippen molar-refractivity contribution in [3.05, 3.63) is 60.0 Å². The molecule has 0 unspecified atom stereocenters. The number of hydrogen-bond acceptors (Lipinski definition) is 4. The molecule has 1 aromatic heterocycles. The molecule has 1 amide bonds. The molecule has 0 aliphatic carbocycles. The van der Waals surface area contributed by atoms with E-state index in [1.165, 1.54) is 0 Å². The zero-order valence-electron chi connectivity index (χ0n) is 16.3. The average molecular weight is 378 g/mol. The van der Waals surface area contributed by atoms with Crippen LogP contribution in [0, 0.1) is 0 Å². The van der Waals surface area contributed by atoms with Crippen molar-refractivity contribution in [2.45, 2.75) is 38.5 Å². The summed E-state index contributed by atoms with van der Waals surface area (Å²) in [6.07, 6.45) is 3.77. The minimum absolute atomic E-state index is 0.0445. The number of carbonyl (C=O) groups excluding carboxylic acids is 1. The molecule has 5 nitrogen and oxygen atoms in total. The van der Waals surface area contributed by atoms with Gasteiger partial charge in [-0.2, -0.15) is 0 Å². The number of fused-ring (bicyclic) bond motifs is 1. The fraction of sp³-hybridized carbons (Fsp3) is 0.391. The minimum Gasteiger partial charge on any atom is -0.493 e. The number of nitrogens with zero attached hydrogens (tertiary/aromatic N) is 2. The molecule has 0 bridgehead atoms. The molecular weight excluding hydrogens is 352 g/mol. The number of amides is 1. The van der Waals surface area contributed by atoms with Crippen LogP contribution in [0.1, 0.15) is 54.8 Å². The molecule has 28 heavy (non-hydrogen) atoms. The fourth-order valence-electron chi connectivity index (χ4n) is 3.66. The van der Waals surface area contributed by atoms with Crippen LogP contribution in [0.25, 0.3) is 11.1 Å². The van der Waals surface area contributed by atoms with Crippen LogP contribution in [0.15, 0.2) is 52.9 Å². The Kier molecular flexibility index (Phi) is 5.60. The summed E-state index contributed by atoms with van der Waals surface area (Å²) in [5.41, 5.74) is 2.38. The molecule has 3 aromatic rings. The molecule has 1 aliphatic heterocycles. The Morgan fingerprint density at radius 3 is 2.68 bits per heavy atom. The van der Waals surface area contributed by atoms with E-state index >= 15 is 0 Å². The van der Waals surface area contributed by atoms with E-state index in [-0.39, 0.29) is 11.8 Å². The smallest absolute Gasteiger partial charge is 0.257 e. The van der Waals surface area contributed by atoms with Crippen molar-refractivity contribution in [2.24, 2.45) is 0 Å². The molecule has 2 heterocycles. The van der Waals surface area contributed by atoms with Crippen molar-refractivity contribution >= 4 is 17.0 Å². The second kappa shape index (κ2) is 8.46. The highest BCUT2D eigenvalue weighted by Crippen LogP contribution is 2.31. The van der Waals surface area contributed by atoms with Crippen LogP contribution in [0.2, 0.25) is 0 Å². The van der Waals surface area contributed by atoms with Crippen LogP contribution in [0.5, 0.6) is 5.75 Å². The van der Waals surface area contributed by atoms with Gasteiger partial charge in [0, 0.05) is 19.0 Å². The maximum absolute atomic E-state index is 13.0. The second-order valence-electron chi connectivity index (χ2n) is 7.28. The third-order valence-corrected chi connectivity index (χ3v) is 5.31. The topological polar surface area (TPSA) is 55.6 Å². The number of unbranched alkanes of at least 4 members (excludes halogenated alkanes) is 1. The summed E-state index contributed by atoms with van der Waals surface area (Å²) in [5.74, 6) is 1.77. The normalized spacial score (nSPS) is 15.1. The van der Waals surface area contributed by atoms with E-state index in [0.717, 1.165) is 42.7 Å². The Morgan fingerprint density at radius 1 is 1.14 bits per heavy atom. The maximum atomic E-state index is 13.0. The molecule has 1 aliphatic rings. The van der Waals surface area contributed by atoms with E-state index in [1.54, 1.807) is 0 Å². The number of aromatic nitrogens is 1. The van der Waals surface area contributed by atoms with Gasteiger partial charge >= 0.3 is 0 Å². The molecule has 5 heteroatoms. The zero-order chi connectivity index (χ0) is 19.3. The average Bonchev–Trinajstić information content (AvgIpc) is 3.18. The Morgan fingerprint density at radius 2 is 1.89 bits per heavy atom. The van der Waals surface area contributed by atoms with Crippen molar-refractivity contribution in [3.63, 3.8) is 0 Å². The first-order valence-electron chi connectivity index (χ1n) is 10.1. The Hall–Kier alpha value is -2.82. The first kappa shape index (κ1) is 18.5. The summed E-state index contributed by atoms with van der Waals surface area (Å²) >= 11 is 0. The molecule has 1 fully saturated rings. The number of ether oxygens (including phenoxy) is 1. The lowest BCUT2D eigenvalue weighted by Gasteiger charge is -2.31. The van der Waals surface area contributed by atoms with Crippen LogP contribution in [0.3, 0.4) is 0 Å². The molecule has 146 valence electrons. The molecule has 2 aromatic carbocycles. The van der Waals surface area contributed by atoms with Gasteiger partial charge in [0.2, 0.25) is 0 Å². The van der Waals surface area contributed by atoms with Crippen molar-refractivity contribution in [2.75, 3.05) is 19.7 Å². The third-order valence-electron chi connectivity index (χ3n) is 5.31. The molecular formula is C23H26N2O3. The first-order valence-corrected chi connectivity index (χ1v) is 10.1. The largest absolute Gasteiger partial charge is 0.493 e. The number of likely N-dealkylation sites (tertiary alicyclic amines) is 1. The number of rotatable bonds is 6. The van der Waals surface area contributed by atoms with Gasteiger partial charge in [-0.1, -0.05) is 37.6 Å². The SMILES string of the molecule is CCCCOc1ccccc1C(=O)N1CCC(c2nc3ccccc3o2)CC1. The summed E-state index contributed by atoms with van der Waals surface area (Å²) in [4.78, 5) is 19.6. The van der Waals surface area contributed by atoms with Gasteiger partial charge < -0.3 is 14.1 Å². The lowest BCUT2D eigenvalue weighted by atomic mass is 9.96. The number of oxazole rings is 1. The van der Waals surface area contributed by atoms with Gasteiger partial charge in [0.1, 0.15) is 11.3 Å². The number of carbonyl (C=O) groups is 1. The van der Waals surface area contributed by atoms with Crippen molar-refractivity contribution in [3.8, 4) is 5.75 Å². The van der Waals surface area contributed by atoms with Crippen LogP contribution < -0.4 is 4.74 Å². The monoisotopic (exact) mass is 378 g/mol. The third kappa shape index (κ3) is 3.88. The number of piperidine rings is 1. The zero-order valence-corrected chi connectivity index (χ0v) is 16.3. The van der Waals surface area contributed by atoms with Gasteiger partial charge in [-0.3, -0.25) is 4.79 Å². The van der Waals surface area contributed by atoms with Gasteiger partial charge in [0.05, 0.1) is 12.2 Å². The first-order chi connectivity index (χ1) is 13.8. The summed E-state index contributed by atoms with van der Waals surface area (Å²) in [6.45, 7) is 4.17. The molecule has 0 N–H and O–H groups in total. The van der Waals surface area contributed by atoms with Gasteiger partial charge in [-0.15, -0.1) is 0 Å². The maximum Gasteiger partial charge on any atom is 0.257 e. The molecule has 0 radical (unpaired) electrons. The van der Waals surface area contributed by atoms with Gasteiger partial charge in [-0.25, -0.2) is 4.98 Å². The molecule has 0 atom stereocenters. The predicted octanol–water partition coefficient (Wildman–Crippen LogP) is 5.03. The van der Waals surface area contributed by atoms with Crippen LogP contribution in [0.4, 0.5) is 0 Å². The molecule has 0 spiro atoms. The Bertz CT molecular complexity index is 909. The standard InChI is InChI=1S/C23H26N2O3/c1-2-3-16-27-20-10-6-4-8-18(20)23(26)25-14-12-17(13-15-25)22-24-19-9-5-7-11-21(19)28-22/h4-11,17H,2-3,12-16H2,1H3. The molecule has 1 saturated heterocycles. The molecule has 0 saturated carbocycles. The van der Waals surface area contributed by atoms with E-state index in [0.29, 0.717) is 31.0 Å². The van der Waals surface area contributed by atoms with E-state index in [2.05, 4.69) is 11.9 Å². The lowest BCUT2D eigenvalue weighted by molar-refractivity contribution is 0.0702. The van der Waals surface area contributed by atoms with Gasteiger partial charge in [0.15, 0.2) is 11.5 Å². The van der Waals surface area contributed by atoms with Crippen molar-refractivity contribution in [1.29, 1.82) is 0 Å². The van der Waals surface area contributed by atoms with Crippen molar-refractivity contribution < 1.29 is 13.9 Å². The predicted molar refractivity (Wildman–Crippen MR) is 109 cm³/mol. The summed E-state index contributed by atoms with van der Waals surface area (Å²) in [5, 5.41) is 0. The second-order valence-corrected chi connectivity index (χ2v) is 7.28. The quantitative estimate of drug-likeness (QED) is 0.565. The highest BCUT2D eigenvalue weighted by atomic mass is 16.5. The highest BCUT2D eigenvalue weighted by Gasteiger charge is 2.28. The van der Waals surface area contributed by atoms with Crippen molar-refractivity contribution in [1.82, 2.24) is 9.88 Å². The summed E-state index contributed by atoms with van der Waals surface area (Å²) in [7, 11) is 0. The van der Waals surface area contributed by atoms with Crippen LogP contribution in [-0.4, -0.2) is 35.5 Å². The van der Waals surface area contributed by atoms with E-state index in [4.69, 9.17) is 9.15 Å². The lowest BCUT2D eigenvalue weighted by Crippen LogP contribution is -2.38.